The Morgan fingerprint density at radius 1 is 1.38 bits per heavy atom. The number of ether oxygens (including phenoxy) is 1. The molecule has 13 heavy (non-hydrogen) atoms. The number of carbonyl (C=O) groups is 2. The van der Waals surface area contributed by atoms with E-state index in [-0.39, 0.29) is 0 Å². The molecule has 0 aromatic heterocycles. The van der Waals surface area contributed by atoms with Gasteiger partial charge in [0.1, 0.15) is 5.60 Å². The third kappa shape index (κ3) is 25.1. The summed E-state index contributed by atoms with van der Waals surface area (Å²) >= 11 is 0. The van der Waals surface area contributed by atoms with Crippen LogP contribution >= 0.6 is 0 Å². The predicted molar refractivity (Wildman–Crippen MR) is 45.8 cm³/mol. The van der Waals surface area contributed by atoms with Crippen molar-refractivity contribution < 1.29 is 19.4 Å². The van der Waals surface area contributed by atoms with Gasteiger partial charge in [0, 0.05) is 0 Å². The molecule has 0 aliphatic heterocycles. The number of hydrazine groups is 1. The Kier molecular flexibility index (Phi) is 6.55. The largest absolute Gasteiger partial charge is 0.465 e. The van der Waals surface area contributed by atoms with Crippen LogP contribution in [0.2, 0.25) is 0 Å². The summed E-state index contributed by atoms with van der Waals surface area (Å²) in [6, 6.07) is 0. The van der Waals surface area contributed by atoms with Crippen molar-refractivity contribution in [3.63, 3.8) is 0 Å². The smallest absolute Gasteiger partial charge is 0.421 e. The van der Waals surface area contributed by atoms with Gasteiger partial charge in [0.25, 0.3) is 0 Å². The van der Waals surface area contributed by atoms with Crippen LogP contribution in [0, 0.1) is 0 Å². The minimum atomic E-state index is -1.33. The molecule has 0 atom stereocenters. The molecule has 0 rings (SSSR count). The molecule has 0 spiro atoms. The van der Waals surface area contributed by atoms with Crippen molar-refractivity contribution in [2.45, 2.75) is 26.4 Å². The van der Waals surface area contributed by atoms with E-state index in [2.05, 4.69) is 5.73 Å². The molecule has 0 aromatic rings. The molecule has 0 bridgehead atoms. The van der Waals surface area contributed by atoms with Crippen molar-refractivity contribution in [2.24, 2.45) is 11.6 Å². The first kappa shape index (κ1) is 14.0. The highest BCUT2D eigenvalue weighted by atomic mass is 16.6. The van der Waals surface area contributed by atoms with Crippen LogP contribution < -0.4 is 17.0 Å². The summed E-state index contributed by atoms with van der Waals surface area (Å²) in [5, 5.41) is 7.19. The van der Waals surface area contributed by atoms with Gasteiger partial charge in [0.05, 0.1) is 0 Å². The van der Waals surface area contributed by atoms with Crippen LogP contribution in [-0.4, -0.2) is 22.9 Å². The van der Waals surface area contributed by atoms with Crippen molar-refractivity contribution in [3.8, 4) is 0 Å². The van der Waals surface area contributed by atoms with Gasteiger partial charge in [0.2, 0.25) is 0 Å². The molecule has 0 saturated heterocycles. The lowest BCUT2D eigenvalue weighted by Crippen LogP contribution is -2.36. The van der Waals surface area contributed by atoms with Crippen molar-refractivity contribution >= 4 is 12.2 Å². The van der Waals surface area contributed by atoms with Crippen LogP contribution in [0.5, 0.6) is 0 Å². The van der Waals surface area contributed by atoms with E-state index >= 15 is 0 Å². The normalized spacial score (nSPS) is 9.23. The minimum Gasteiger partial charge on any atom is -0.465 e. The lowest BCUT2D eigenvalue weighted by atomic mass is 10.2. The number of nitrogens with one attached hydrogen (secondary N) is 1. The second kappa shape index (κ2) is 6.06. The van der Waals surface area contributed by atoms with Crippen molar-refractivity contribution in [1.29, 1.82) is 0 Å². The Hall–Kier alpha value is -1.50. The predicted octanol–water partition coefficient (Wildman–Crippen LogP) is 0.00790. The van der Waals surface area contributed by atoms with E-state index in [0.29, 0.717) is 0 Å². The molecule has 0 aromatic carbocycles. The molecule has 78 valence electrons. The number of carbonyl (C=O) groups excluding carboxylic acids is 1. The van der Waals surface area contributed by atoms with Gasteiger partial charge in [0.15, 0.2) is 0 Å². The molecule has 0 heterocycles. The minimum absolute atomic E-state index is 0.469. The maximum absolute atomic E-state index is 10.4. The fourth-order valence-corrected chi connectivity index (χ4v) is 0.308. The van der Waals surface area contributed by atoms with E-state index in [1.807, 2.05) is 5.43 Å². The third-order valence-electron chi connectivity index (χ3n) is 0.517. The summed E-state index contributed by atoms with van der Waals surface area (Å²) in [4.78, 5) is 19.1. The SMILES string of the molecule is CC(C)(C)OC(=O)NN.NC(=O)O. The highest BCUT2D eigenvalue weighted by Crippen LogP contribution is 2.05. The van der Waals surface area contributed by atoms with E-state index in [1.165, 1.54) is 0 Å². The van der Waals surface area contributed by atoms with Gasteiger partial charge in [-0.1, -0.05) is 0 Å². The number of primary amides is 1. The Morgan fingerprint density at radius 2 is 1.69 bits per heavy atom. The standard InChI is InChI=1S/C5H12N2O2.CH3NO2/c1-5(2,3)9-4(8)7-6;2-1(3)4/h6H2,1-3H3,(H,7,8);2H2,(H,3,4). The highest BCUT2D eigenvalue weighted by molar-refractivity contribution is 5.66. The molecule has 0 radical (unpaired) electrons. The maximum Gasteiger partial charge on any atom is 0.421 e. The number of hydrogen-bond acceptors (Lipinski definition) is 4. The molecule has 0 fully saturated rings. The summed E-state index contributed by atoms with van der Waals surface area (Å²) < 4.78 is 4.71. The first-order valence-electron chi connectivity index (χ1n) is 3.37. The summed E-state index contributed by atoms with van der Waals surface area (Å²) in [7, 11) is 0. The van der Waals surface area contributed by atoms with Gasteiger partial charge >= 0.3 is 12.2 Å². The number of hydrogen-bond donors (Lipinski definition) is 4. The highest BCUT2D eigenvalue weighted by Gasteiger charge is 2.14. The number of carboxylic acid groups (broad SMARTS) is 1. The van der Waals surface area contributed by atoms with Gasteiger partial charge in [-0.2, -0.15) is 0 Å². The molecule has 0 unspecified atom stereocenters. The first-order chi connectivity index (χ1) is 5.69. The zero-order chi connectivity index (χ0) is 11.1. The molecule has 7 nitrogen and oxygen atoms in total. The number of rotatable bonds is 0. The number of nitrogens with two attached hydrogens (primary N) is 2. The topological polar surface area (TPSA) is 128 Å². The first-order valence-corrected chi connectivity index (χ1v) is 3.37. The fourth-order valence-electron chi connectivity index (χ4n) is 0.308. The lowest BCUT2D eigenvalue weighted by molar-refractivity contribution is 0.0527. The van der Waals surface area contributed by atoms with Crippen molar-refractivity contribution in [1.82, 2.24) is 5.43 Å². The zero-order valence-corrected chi connectivity index (χ0v) is 7.83. The third-order valence-corrected chi connectivity index (χ3v) is 0.517. The summed E-state index contributed by atoms with van der Waals surface area (Å²) in [6.07, 6.45) is -1.94. The molecule has 7 heteroatoms. The van der Waals surface area contributed by atoms with Gasteiger partial charge in [-0.15, -0.1) is 0 Å². The molecular formula is C6H15N3O4. The van der Waals surface area contributed by atoms with Crippen molar-refractivity contribution in [2.75, 3.05) is 0 Å². The summed E-state index contributed by atoms with van der Waals surface area (Å²) in [5.41, 5.74) is 5.42. The van der Waals surface area contributed by atoms with E-state index < -0.39 is 17.8 Å². The van der Waals surface area contributed by atoms with Crippen LogP contribution in [0.4, 0.5) is 9.59 Å². The van der Waals surface area contributed by atoms with Crippen LogP contribution in [0.3, 0.4) is 0 Å². The molecular weight excluding hydrogens is 178 g/mol. The Morgan fingerprint density at radius 3 is 1.77 bits per heavy atom. The second-order valence-corrected chi connectivity index (χ2v) is 2.98. The average Bonchev–Trinajstić information content (AvgIpc) is 1.82. The van der Waals surface area contributed by atoms with Crippen LogP contribution in [0.25, 0.3) is 0 Å². The summed E-state index contributed by atoms with van der Waals surface area (Å²) in [5.74, 6) is 4.75. The van der Waals surface area contributed by atoms with E-state index in [1.54, 1.807) is 20.8 Å². The average molecular weight is 193 g/mol. The Balaban J connectivity index is 0. The maximum atomic E-state index is 10.4. The van der Waals surface area contributed by atoms with E-state index in [0.717, 1.165) is 0 Å². The van der Waals surface area contributed by atoms with Gasteiger partial charge in [-0.05, 0) is 20.8 Å². The van der Waals surface area contributed by atoms with Crippen LogP contribution in [0.1, 0.15) is 20.8 Å². The quantitative estimate of drug-likeness (QED) is 0.245. The fraction of sp³-hybridized carbons (Fsp3) is 0.667. The van der Waals surface area contributed by atoms with Gasteiger partial charge in [-0.25, -0.2) is 15.4 Å². The van der Waals surface area contributed by atoms with Crippen molar-refractivity contribution in [3.05, 3.63) is 0 Å². The Labute approximate surface area is 76.0 Å². The Bertz CT molecular complexity index is 171. The van der Waals surface area contributed by atoms with Gasteiger partial charge < -0.3 is 15.6 Å². The monoisotopic (exact) mass is 193 g/mol. The molecule has 0 aliphatic rings. The van der Waals surface area contributed by atoms with Gasteiger partial charge in [-0.3, -0.25) is 5.43 Å². The van der Waals surface area contributed by atoms with Crippen LogP contribution in [-0.2, 0) is 4.74 Å². The summed E-state index contributed by atoms with van der Waals surface area (Å²) in [6.45, 7) is 5.30. The van der Waals surface area contributed by atoms with E-state index in [9.17, 15) is 4.79 Å². The van der Waals surface area contributed by atoms with Crippen LogP contribution in [0.15, 0.2) is 0 Å². The van der Waals surface area contributed by atoms with E-state index in [4.69, 9.17) is 20.5 Å². The molecule has 0 aliphatic carbocycles. The molecule has 0 saturated carbocycles. The zero-order valence-electron chi connectivity index (χ0n) is 7.83. The second-order valence-electron chi connectivity index (χ2n) is 2.98. The molecule has 2 amide bonds. The molecule has 6 N–H and O–H groups in total. The number of amides is 2. The lowest BCUT2D eigenvalue weighted by Gasteiger charge is -2.18.